The highest BCUT2D eigenvalue weighted by Gasteiger charge is 2.35. The van der Waals surface area contributed by atoms with Crippen LogP contribution in [0.15, 0.2) is 36.5 Å². The van der Waals surface area contributed by atoms with Crippen LogP contribution >= 0.6 is 0 Å². The van der Waals surface area contributed by atoms with Crippen LogP contribution in [-0.2, 0) is 11.8 Å². The maximum Gasteiger partial charge on any atom is 0.320 e. The summed E-state index contributed by atoms with van der Waals surface area (Å²) < 4.78 is 7.23. The van der Waals surface area contributed by atoms with Crippen molar-refractivity contribution in [3.63, 3.8) is 0 Å². The van der Waals surface area contributed by atoms with Crippen molar-refractivity contribution in [3.05, 3.63) is 36.5 Å². The van der Waals surface area contributed by atoms with Crippen molar-refractivity contribution in [1.82, 2.24) is 20.0 Å². The summed E-state index contributed by atoms with van der Waals surface area (Å²) in [5.74, 6) is 0.668. The number of nitrogens with zero attached hydrogens (tertiary/aromatic N) is 3. The van der Waals surface area contributed by atoms with Crippen LogP contribution in [-0.4, -0.2) is 59.1 Å². The smallest absolute Gasteiger partial charge is 0.320 e. The lowest BCUT2D eigenvalue weighted by atomic mass is 10.1. The summed E-state index contributed by atoms with van der Waals surface area (Å²) in [4.78, 5) is 14.9. The number of urea groups is 1. The fraction of sp³-hybridized carbons (Fsp3) is 0.474. The van der Waals surface area contributed by atoms with Gasteiger partial charge in [0, 0.05) is 38.9 Å². The molecular formula is C19H27N5O2. The molecule has 3 rings (SSSR count). The first kappa shape index (κ1) is 18.4. The number of carbonyl (C=O) groups is 1. The van der Waals surface area contributed by atoms with Crippen LogP contribution in [0.25, 0.3) is 11.1 Å². The van der Waals surface area contributed by atoms with E-state index in [1.165, 1.54) is 0 Å². The molecule has 2 amide bonds. The zero-order chi connectivity index (χ0) is 18.7. The molecule has 2 heterocycles. The highest BCUT2D eigenvalue weighted by atomic mass is 16.5. The number of aryl methyl sites for hydroxylation is 1. The highest BCUT2D eigenvalue weighted by molar-refractivity contribution is 5.93. The van der Waals surface area contributed by atoms with E-state index < -0.39 is 0 Å². The van der Waals surface area contributed by atoms with Crippen LogP contribution in [0.2, 0.25) is 0 Å². The fourth-order valence-corrected chi connectivity index (χ4v) is 3.33. The number of aromatic nitrogens is 2. The number of amides is 2. The van der Waals surface area contributed by atoms with Crippen molar-refractivity contribution in [1.29, 1.82) is 0 Å². The number of anilines is 1. The third kappa shape index (κ3) is 3.89. The van der Waals surface area contributed by atoms with Gasteiger partial charge < -0.3 is 10.1 Å². The van der Waals surface area contributed by atoms with Gasteiger partial charge in [-0.1, -0.05) is 30.3 Å². The van der Waals surface area contributed by atoms with Gasteiger partial charge in [0.2, 0.25) is 0 Å². The molecule has 0 bridgehead atoms. The zero-order valence-electron chi connectivity index (χ0n) is 15.8. The summed E-state index contributed by atoms with van der Waals surface area (Å²) in [7, 11) is 3.51. The van der Waals surface area contributed by atoms with Gasteiger partial charge in [-0.05, 0) is 19.4 Å². The molecular weight excluding hydrogens is 330 g/mol. The molecule has 0 spiro atoms. The molecule has 1 aliphatic heterocycles. The Morgan fingerprint density at radius 3 is 2.65 bits per heavy atom. The number of carbonyl (C=O) groups excluding carboxylic acids is 1. The van der Waals surface area contributed by atoms with Crippen LogP contribution in [0.3, 0.4) is 0 Å². The van der Waals surface area contributed by atoms with Crippen molar-refractivity contribution < 1.29 is 9.53 Å². The van der Waals surface area contributed by atoms with Gasteiger partial charge in [0.05, 0.1) is 18.3 Å². The van der Waals surface area contributed by atoms with Crippen molar-refractivity contribution in [2.24, 2.45) is 7.05 Å². The van der Waals surface area contributed by atoms with E-state index in [-0.39, 0.29) is 18.2 Å². The Kier molecular flexibility index (Phi) is 5.58. The van der Waals surface area contributed by atoms with E-state index in [1.54, 1.807) is 18.0 Å². The Hall–Kier alpha value is -2.38. The molecule has 2 N–H and O–H groups in total. The fourth-order valence-electron chi connectivity index (χ4n) is 3.33. The minimum absolute atomic E-state index is 0.0109. The number of methoxy groups -OCH3 is 1. The number of hydrogen-bond donors (Lipinski definition) is 2. The van der Waals surface area contributed by atoms with Crippen molar-refractivity contribution in [2.75, 3.05) is 25.5 Å². The Bertz CT molecular complexity index is 744. The maximum atomic E-state index is 12.6. The molecule has 1 aromatic heterocycles. The molecule has 1 aromatic carbocycles. The van der Waals surface area contributed by atoms with Gasteiger partial charge in [0.15, 0.2) is 0 Å². The standard InChI is InChI=1S/C19H27N5O2/c1-13(2)24-11-16(17(12-24)26-4)21-19(25)22-18-15(10-20-23(18)3)14-8-6-5-7-9-14/h5-10,13,16-17H,11-12H2,1-4H3,(H2,21,22,25)/t16-,17-/m0/s1. The largest absolute Gasteiger partial charge is 0.378 e. The molecule has 26 heavy (non-hydrogen) atoms. The quantitative estimate of drug-likeness (QED) is 0.861. The lowest BCUT2D eigenvalue weighted by Crippen LogP contribution is -2.45. The molecule has 7 heteroatoms. The van der Waals surface area contributed by atoms with Gasteiger partial charge >= 0.3 is 6.03 Å². The summed E-state index contributed by atoms with van der Waals surface area (Å²) in [6.07, 6.45) is 1.75. The molecule has 0 unspecified atom stereocenters. The van der Waals surface area contributed by atoms with Gasteiger partial charge in [-0.3, -0.25) is 14.9 Å². The summed E-state index contributed by atoms with van der Waals surface area (Å²) in [5, 5.41) is 10.3. The normalized spacial score (nSPS) is 20.5. The summed E-state index contributed by atoms with van der Waals surface area (Å²) in [5.41, 5.74) is 1.90. The second-order valence-corrected chi connectivity index (χ2v) is 6.92. The summed E-state index contributed by atoms with van der Waals surface area (Å²) in [6.45, 7) is 5.90. The second kappa shape index (κ2) is 7.88. The van der Waals surface area contributed by atoms with E-state index in [4.69, 9.17) is 4.74 Å². The zero-order valence-corrected chi connectivity index (χ0v) is 15.8. The first-order valence-electron chi connectivity index (χ1n) is 8.91. The molecule has 140 valence electrons. The van der Waals surface area contributed by atoms with Gasteiger partial charge in [-0.2, -0.15) is 5.10 Å². The number of rotatable bonds is 5. The van der Waals surface area contributed by atoms with Crippen LogP contribution in [0.1, 0.15) is 13.8 Å². The lowest BCUT2D eigenvalue weighted by molar-refractivity contribution is 0.0896. The van der Waals surface area contributed by atoms with E-state index in [0.29, 0.717) is 11.9 Å². The van der Waals surface area contributed by atoms with Gasteiger partial charge in [-0.15, -0.1) is 0 Å². The van der Waals surface area contributed by atoms with E-state index in [0.717, 1.165) is 24.2 Å². The third-order valence-electron chi connectivity index (χ3n) is 4.90. The molecule has 2 atom stereocenters. The number of benzene rings is 1. The number of likely N-dealkylation sites (tertiary alicyclic amines) is 1. The van der Waals surface area contributed by atoms with Crippen molar-refractivity contribution in [3.8, 4) is 11.1 Å². The van der Waals surface area contributed by atoms with E-state index in [2.05, 4.69) is 34.5 Å². The van der Waals surface area contributed by atoms with Gasteiger partial charge in [0.25, 0.3) is 0 Å². The predicted octanol–water partition coefficient (Wildman–Crippen LogP) is 2.32. The number of nitrogens with one attached hydrogen (secondary N) is 2. The molecule has 0 aliphatic carbocycles. The molecule has 0 radical (unpaired) electrons. The lowest BCUT2D eigenvalue weighted by Gasteiger charge is -2.20. The highest BCUT2D eigenvalue weighted by Crippen LogP contribution is 2.27. The van der Waals surface area contributed by atoms with Crippen LogP contribution in [0.5, 0.6) is 0 Å². The van der Waals surface area contributed by atoms with E-state index in [1.807, 2.05) is 37.4 Å². The Balaban J connectivity index is 1.70. The number of hydrogen-bond acceptors (Lipinski definition) is 4. The Morgan fingerprint density at radius 1 is 1.27 bits per heavy atom. The molecule has 2 aromatic rings. The summed E-state index contributed by atoms with van der Waals surface area (Å²) >= 11 is 0. The van der Waals surface area contributed by atoms with Crippen LogP contribution < -0.4 is 10.6 Å². The van der Waals surface area contributed by atoms with E-state index in [9.17, 15) is 4.79 Å². The van der Waals surface area contributed by atoms with Gasteiger partial charge in [0.1, 0.15) is 5.82 Å². The van der Waals surface area contributed by atoms with Crippen LogP contribution in [0.4, 0.5) is 10.6 Å². The Labute approximate surface area is 154 Å². The van der Waals surface area contributed by atoms with Crippen LogP contribution in [0, 0.1) is 0 Å². The number of ether oxygens (including phenoxy) is 1. The molecule has 0 saturated carbocycles. The van der Waals surface area contributed by atoms with Gasteiger partial charge in [-0.25, -0.2) is 4.79 Å². The molecule has 1 saturated heterocycles. The average Bonchev–Trinajstić information content (AvgIpc) is 3.20. The monoisotopic (exact) mass is 357 g/mol. The predicted molar refractivity (Wildman–Crippen MR) is 102 cm³/mol. The van der Waals surface area contributed by atoms with Crippen molar-refractivity contribution in [2.45, 2.75) is 32.0 Å². The minimum atomic E-state index is -0.247. The second-order valence-electron chi connectivity index (χ2n) is 6.92. The minimum Gasteiger partial charge on any atom is -0.378 e. The summed E-state index contributed by atoms with van der Waals surface area (Å²) in [6, 6.07) is 10.0. The molecule has 1 aliphatic rings. The average molecular weight is 357 g/mol. The maximum absolute atomic E-state index is 12.6. The third-order valence-corrected chi connectivity index (χ3v) is 4.90. The first-order valence-corrected chi connectivity index (χ1v) is 8.91. The molecule has 1 fully saturated rings. The first-order chi connectivity index (χ1) is 12.5. The topological polar surface area (TPSA) is 71.4 Å². The SMILES string of the molecule is CO[C@H]1CN(C(C)C)C[C@@H]1NC(=O)Nc1c(-c2ccccc2)cnn1C. The van der Waals surface area contributed by atoms with Crippen molar-refractivity contribution >= 4 is 11.8 Å². The molecule has 7 nitrogen and oxygen atoms in total. The Morgan fingerprint density at radius 2 is 2.00 bits per heavy atom. The van der Waals surface area contributed by atoms with E-state index >= 15 is 0 Å².